The van der Waals surface area contributed by atoms with Gasteiger partial charge in [0, 0.05) is 11.8 Å². The fourth-order valence-corrected chi connectivity index (χ4v) is 2.36. The molecular weight excluding hydrogens is 241 g/mol. The fraction of sp³-hybridized carbons (Fsp3) is 0.364. The second kappa shape index (κ2) is 4.85. The Morgan fingerprint density at radius 3 is 2.82 bits per heavy atom. The monoisotopic (exact) mass is 253 g/mol. The first-order valence-electron chi connectivity index (χ1n) is 5.21. The van der Waals surface area contributed by atoms with Crippen LogP contribution in [-0.2, 0) is 0 Å². The molecule has 1 unspecified atom stereocenters. The van der Waals surface area contributed by atoms with Crippen LogP contribution in [0.3, 0.4) is 0 Å². The third-order valence-corrected chi connectivity index (χ3v) is 3.23. The summed E-state index contributed by atoms with van der Waals surface area (Å²) < 4.78 is 17.3. The van der Waals surface area contributed by atoms with E-state index in [1.54, 1.807) is 0 Å². The van der Waals surface area contributed by atoms with Crippen LogP contribution >= 0.6 is 11.5 Å². The molecule has 2 aromatic heterocycles. The first-order chi connectivity index (χ1) is 8.11. The standard InChI is InChI=1S/C11H12FN3OS/c1-6(2)9-11(17-15-14-9)10(16)7-3-4-13-5-8(7)12/h3-6,10,16H,1-2H3. The van der Waals surface area contributed by atoms with E-state index in [1.807, 2.05) is 13.8 Å². The van der Waals surface area contributed by atoms with Gasteiger partial charge < -0.3 is 5.11 Å². The van der Waals surface area contributed by atoms with E-state index in [1.165, 1.54) is 12.3 Å². The molecule has 0 aliphatic rings. The Balaban J connectivity index is 2.41. The maximum atomic E-state index is 13.5. The predicted molar refractivity (Wildman–Crippen MR) is 62.3 cm³/mol. The number of hydrogen-bond donors (Lipinski definition) is 1. The number of nitrogens with zero attached hydrogens (tertiary/aromatic N) is 3. The normalized spacial score (nSPS) is 13.0. The van der Waals surface area contributed by atoms with E-state index in [4.69, 9.17) is 0 Å². The lowest BCUT2D eigenvalue weighted by Gasteiger charge is -2.11. The van der Waals surface area contributed by atoms with Crippen molar-refractivity contribution < 1.29 is 9.50 Å². The third kappa shape index (κ3) is 2.32. The molecular formula is C11H12FN3OS. The maximum absolute atomic E-state index is 13.5. The first-order valence-corrected chi connectivity index (χ1v) is 5.98. The lowest BCUT2D eigenvalue weighted by Crippen LogP contribution is -2.05. The zero-order chi connectivity index (χ0) is 12.4. The van der Waals surface area contributed by atoms with Gasteiger partial charge in [0.1, 0.15) is 11.9 Å². The minimum Gasteiger partial charge on any atom is -0.383 e. The van der Waals surface area contributed by atoms with Gasteiger partial charge in [-0.3, -0.25) is 4.98 Å². The Kier molecular flexibility index (Phi) is 3.44. The summed E-state index contributed by atoms with van der Waals surface area (Å²) in [5.41, 5.74) is 0.909. The average molecular weight is 253 g/mol. The van der Waals surface area contributed by atoms with E-state index < -0.39 is 11.9 Å². The van der Waals surface area contributed by atoms with Crippen LogP contribution in [0.4, 0.5) is 4.39 Å². The van der Waals surface area contributed by atoms with Crippen LogP contribution in [0.25, 0.3) is 0 Å². The summed E-state index contributed by atoms with van der Waals surface area (Å²) in [6, 6.07) is 1.46. The molecule has 0 aliphatic carbocycles. The highest BCUT2D eigenvalue weighted by Crippen LogP contribution is 2.31. The molecule has 2 rings (SSSR count). The summed E-state index contributed by atoms with van der Waals surface area (Å²) in [4.78, 5) is 4.24. The van der Waals surface area contributed by atoms with Crippen molar-refractivity contribution in [3.63, 3.8) is 0 Å². The van der Waals surface area contributed by atoms with Crippen molar-refractivity contribution >= 4 is 11.5 Å². The second-order valence-corrected chi connectivity index (χ2v) is 4.76. The average Bonchev–Trinajstić information content (AvgIpc) is 2.77. The van der Waals surface area contributed by atoms with Gasteiger partial charge in [-0.15, -0.1) is 5.10 Å². The van der Waals surface area contributed by atoms with Gasteiger partial charge in [0.05, 0.1) is 16.8 Å². The van der Waals surface area contributed by atoms with Crippen molar-refractivity contribution in [2.24, 2.45) is 0 Å². The summed E-state index contributed by atoms with van der Waals surface area (Å²) in [6.45, 7) is 3.91. The van der Waals surface area contributed by atoms with Crippen molar-refractivity contribution in [2.75, 3.05) is 0 Å². The van der Waals surface area contributed by atoms with Gasteiger partial charge in [-0.1, -0.05) is 18.3 Å². The van der Waals surface area contributed by atoms with Crippen molar-refractivity contribution in [2.45, 2.75) is 25.9 Å². The van der Waals surface area contributed by atoms with Gasteiger partial charge >= 0.3 is 0 Å². The summed E-state index contributed by atoms with van der Waals surface area (Å²) in [5.74, 6) is -0.383. The minimum absolute atomic E-state index is 0.142. The molecule has 0 aliphatic heterocycles. The van der Waals surface area contributed by atoms with Gasteiger partial charge in [0.2, 0.25) is 0 Å². The van der Waals surface area contributed by atoms with Crippen LogP contribution in [0, 0.1) is 5.82 Å². The van der Waals surface area contributed by atoms with Gasteiger partial charge in [0.25, 0.3) is 0 Å². The van der Waals surface area contributed by atoms with Crippen molar-refractivity contribution in [3.05, 3.63) is 40.4 Å². The molecule has 17 heavy (non-hydrogen) atoms. The number of pyridine rings is 1. The number of hydrogen-bond acceptors (Lipinski definition) is 5. The number of aliphatic hydroxyl groups is 1. The van der Waals surface area contributed by atoms with Crippen LogP contribution in [-0.4, -0.2) is 19.7 Å². The van der Waals surface area contributed by atoms with Gasteiger partial charge in [-0.2, -0.15) is 0 Å². The van der Waals surface area contributed by atoms with Crippen LogP contribution in [0.1, 0.15) is 42.0 Å². The third-order valence-electron chi connectivity index (χ3n) is 2.43. The van der Waals surface area contributed by atoms with Crippen LogP contribution in [0.5, 0.6) is 0 Å². The van der Waals surface area contributed by atoms with Gasteiger partial charge in [-0.25, -0.2) is 4.39 Å². The quantitative estimate of drug-likeness (QED) is 0.911. The minimum atomic E-state index is -1.03. The van der Waals surface area contributed by atoms with E-state index in [0.29, 0.717) is 10.6 Å². The molecule has 0 fully saturated rings. The zero-order valence-corrected chi connectivity index (χ0v) is 10.3. The highest BCUT2D eigenvalue weighted by molar-refractivity contribution is 7.05. The Bertz CT molecular complexity index is 515. The Labute approximate surface area is 102 Å². The molecule has 1 atom stereocenters. The zero-order valence-electron chi connectivity index (χ0n) is 9.46. The summed E-state index contributed by atoms with van der Waals surface area (Å²) in [6.07, 6.45) is 1.50. The van der Waals surface area contributed by atoms with Crippen LogP contribution in [0.15, 0.2) is 18.5 Å². The molecule has 2 aromatic rings. The Hall–Kier alpha value is -1.40. The molecule has 0 saturated heterocycles. The van der Waals surface area contributed by atoms with E-state index in [0.717, 1.165) is 17.7 Å². The molecule has 1 N–H and O–H groups in total. The molecule has 0 amide bonds. The van der Waals surface area contributed by atoms with Crippen LogP contribution < -0.4 is 0 Å². The van der Waals surface area contributed by atoms with Gasteiger partial charge in [-0.05, 0) is 23.5 Å². The topological polar surface area (TPSA) is 58.9 Å². The van der Waals surface area contributed by atoms with Crippen molar-refractivity contribution in [1.29, 1.82) is 0 Å². The largest absolute Gasteiger partial charge is 0.383 e. The SMILES string of the molecule is CC(C)c1nnsc1C(O)c1ccncc1F. The van der Waals surface area contributed by atoms with E-state index in [9.17, 15) is 9.50 Å². The fourth-order valence-electron chi connectivity index (χ4n) is 1.54. The highest BCUT2D eigenvalue weighted by atomic mass is 32.1. The van der Waals surface area contributed by atoms with E-state index >= 15 is 0 Å². The molecule has 0 saturated carbocycles. The lowest BCUT2D eigenvalue weighted by atomic mass is 10.0. The summed E-state index contributed by atoms with van der Waals surface area (Å²) in [7, 11) is 0. The smallest absolute Gasteiger partial charge is 0.147 e. The molecule has 0 spiro atoms. The van der Waals surface area contributed by atoms with E-state index in [2.05, 4.69) is 14.6 Å². The van der Waals surface area contributed by atoms with Crippen molar-refractivity contribution in [3.8, 4) is 0 Å². The molecule has 4 nitrogen and oxygen atoms in total. The summed E-state index contributed by atoms with van der Waals surface area (Å²) in [5, 5.41) is 14.1. The Morgan fingerprint density at radius 2 is 2.18 bits per heavy atom. The molecule has 2 heterocycles. The highest BCUT2D eigenvalue weighted by Gasteiger charge is 2.22. The number of rotatable bonds is 3. The Morgan fingerprint density at radius 1 is 1.41 bits per heavy atom. The first kappa shape index (κ1) is 12.1. The maximum Gasteiger partial charge on any atom is 0.147 e. The number of halogens is 1. The molecule has 0 radical (unpaired) electrons. The lowest BCUT2D eigenvalue weighted by molar-refractivity contribution is 0.216. The molecule has 90 valence electrons. The molecule has 0 aromatic carbocycles. The van der Waals surface area contributed by atoms with E-state index in [-0.39, 0.29) is 11.5 Å². The second-order valence-electron chi connectivity index (χ2n) is 3.98. The number of aliphatic hydroxyl groups excluding tert-OH is 1. The predicted octanol–water partition coefficient (Wildman–Crippen LogP) is 2.28. The number of aromatic nitrogens is 3. The van der Waals surface area contributed by atoms with Crippen molar-refractivity contribution in [1.82, 2.24) is 14.6 Å². The summed E-state index contributed by atoms with van der Waals surface area (Å²) >= 11 is 1.09. The van der Waals surface area contributed by atoms with Crippen LogP contribution in [0.2, 0.25) is 0 Å². The van der Waals surface area contributed by atoms with Gasteiger partial charge in [0.15, 0.2) is 0 Å². The molecule has 0 bridgehead atoms. The molecule has 6 heteroatoms.